The molecule has 0 aromatic heterocycles. The number of aliphatic carboxylic acids is 1. The number of carboxylic acid groups (broad SMARTS) is 1. The van der Waals surface area contributed by atoms with Crippen LogP contribution in [0.5, 0.6) is 0 Å². The van der Waals surface area contributed by atoms with Gasteiger partial charge in [-0.2, -0.15) is 0 Å². The third-order valence-electron chi connectivity index (χ3n) is 6.37. The summed E-state index contributed by atoms with van der Waals surface area (Å²) in [5.41, 5.74) is 3.11. The Labute approximate surface area is 200 Å². The average molecular weight is 467 g/mol. The fourth-order valence-electron chi connectivity index (χ4n) is 4.22. The molecule has 2 amide bonds. The van der Waals surface area contributed by atoms with Gasteiger partial charge in [0.1, 0.15) is 12.6 Å². The van der Waals surface area contributed by atoms with E-state index in [0.29, 0.717) is 6.42 Å². The van der Waals surface area contributed by atoms with E-state index in [1.54, 1.807) is 34.6 Å². The SMILES string of the molecule is CC(C)(CCNC(=O)OCC1c2ccccc2-c2ccccc21)C(=O)N[C@@H](C(=O)O)C(C)(C)C. The number of benzene rings is 2. The molecule has 7 heteroatoms. The molecule has 0 aliphatic heterocycles. The van der Waals surface area contributed by atoms with Gasteiger partial charge < -0.3 is 20.5 Å². The average Bonchev–Trinajstić information content (AvgIpc) is 3.08. The van der Waals surface area contributed by atoms with Crippen LogP contribution in [-0.2, 0) is 14.3 Å². The highest BCUT2D eigenvalue weighted by Crippen LogP contribution is 2.44. The normalized spacial score (nSPS) is 14.0. The zero-order chi connectivity index (χ0) is 25.1. The zero-order valence-corrected chi connectivity index (χ0v) is 20.5. The summed E-state index contributed by atoms with van der Waals surface area (Å²) in [5.74, 6) is -1.47. The quantitative estimate of drug-likeness (QED) is 0.529. The minimum absolute atomic E-state index is 0.0225. The highest BCUT2D eigenvalue weighted by atomic mass is 16.5. The number of rotatable bonds is 8. The molecule has 1 aliphatic rings. The summed E-state index contributed by atoms with van der Waals surface area (Å²) in [6.07, 6.45) is -0.212. The highest BCUT2D eigenvalue weighted by molar-refractivity contribution is 5.87. The maximum Gasteiger partial charge on any atom is 0.407 e. The standard InChI is InChI=1S/C27H34N2O5/c1-26(2,3)22(23(30)31)29-24(32)27(4,5)14-15-28-25(33)34-16-21-19-12-8-6-10-17(19)18-11-7-9-13-20(18)21/h6-13,21-22H,14-16H2,1-5H3,(H,28,33)(H,29,32)(H,30,31)/t22-/m0/s1. The molecule has 1 atom stereocenters. The molecule has 0 saturated carbocycles. The van der Waals surface area contributed by atoms with Gasteiger partial charge in [0.05, 0.1) is 0 Å². The number of alkyl carbamates (subject to hydrolysis) is 1. The monoisotopic (exact) mass is 466 g/mol. The van der Waals surface area contributed by atoms with Crippen LogP contribution in [0.3, 0.4) is 0 Å². The lowest BCUT2D eigenvalue weighted by atomic mass is 9.83. The molecule has 0 spiro atoms. The van der Waals surface area contributed by atoms with Crippen LogP contribution in [0.25, 0.3) is 11.1 Å². The number of carbonyl (C=O) groups is 3. The molecule has 34 heavy (non-hydrogen) atoms. The van der Waals surface area contributed by atoms with Gasteiger partial charge in [0.25, 0.3) is 0 Å². The van der Waals surface area contributed by atoms with Crippen molar-refractivity contribution in [3.05, 3.63) is 59.7 Å². The number of fused-ring (bicyclic) bond motifs is 3. The molecule has 3 N–H and O–H groups in total. The Morgan fingerprint density at radius 2 is 1.47 bits per heavy atom. The van der Waals surface area contributed by atoms with Crippen molar-refractivity contribution in [2.75, 3.05) is 13.2 Å². The van der Waals surface area contributed by atoms with Crippen molar-refractivity contribution in [1.29, 1.82) is 0 Å². The largest absolute Gasteiger partial charge is 0.480 e. The summed E-state index contributed by atoms with van der Waals surface area (Å²) in [4.78, 5) is 36.6. The van der Waals surface area contributed by atoms with Gasteiger partial charge in [0, 0.05) is 17.9 Å². The molecular weight excluding hydrogens is 432 g/mol. The molecular formula is C27H34N2O5. The van der Waals surface area contributed by atoms with Gasteiger partial charge >= 0.3 is 12.1 Å². The number of ether oxygens (including phenoxy) is 1. The van der Waals surface area contributed by atoms with Gasteiger partial charge in [-0.3, -0.25) is 4.79 Å². The second kappa shape index (κ2) is 9.87. The Kier molecular flexibility index (Phi) is 7.34. The van der Waals surface area contributed by atoms with E-state index in [4.69, 9.17) is 4.74 Å². The Balaban J connectivity index is 1.52. The Bertz CT molecular complexity index is 1030. The summed E-state index contributed by atoms with van der Waals surface area (Å²) in [7, 11) is 0. The first kappa shape index (κ1) is 25.3. The summed E-state index contributed by atoms with van der Waals surface area (Å²) < 4.78 is 5.53. The minimum atomic E-state index is -1.08. The number of carboxylic acids is 1. The van der Waals surface area contributed by atoms with Gasteiger partial charge in [-0.15, -0.1) is 0 Å². The molecule has 0 heterocycles. The molecule has 0 saturated heterocycles. The number of amides is 2. The maximum absolute atomic E-state index is 12.7. The molecule has 182 valence electrons. The molecule has 0 fully saturated rings. The van der Waals surface area contributed by atoms with Crippen LogP contribution >= 0.6 is 0 Å². The van der Waals surface area contributed by atoms with E-state index in [1.807, 2.05) is 24.3 Å². The predicted octanol–water partition coefficient (Wildman–Crippen LogP) is 4.56. The van der Waals surface area contributed by atoms with Crippen LogP contribution in [0.15, 0.2) is 48.5 Å². The van der Waals surface area contributed by atoms with Gasteiger partial charge in [-0.05, 0) is 34.1 Å². The lowest BCUT2D eigenvalue weighted by Crippen LogP contribution is -2.53. The van der Waals surface area contributed by atoms with Crippen LogP contribution in [0, 0.1) is 10.8 Å². The molecule has 1 aliphatic carbocycles. The highest BCUT2D eigenvalue weighted by Gasteiger charge is 2.37. The van der Waals surface area contributed by atoms with Crippen LogP contribution in [0.2, 0.25) is 0 Å². The van der Waals surface area contributed by atoms with Crippen LogP contribution in [-0.4, -0.2) is 42.3 Å². The summed E-state index contributed by atoms with van der Waals surface area (Å²) in [6, 6.07) is 15.3. The first-order valence-electron chi connectivity index (χ1n) is 11.5. The van der Waals surface area contributed by atoms with E-state index in [-0.39, 0.29) is 25.0 Å². The van der Waals surface area contributed by atoms with Gasteiger partial charge in [0.2, 0.25) is 5.91 Å². The fourth-order valence-corrected chi connectivity index (χ4v) is 4.22. The van der Waals surface area contributed by atoms with Crippen LogP contribution in [0.1, 0.15) is 58.1 Å². The number of hydrogen-bond donors (Lipinski definition) is 3. The van der Waals surface area contributed by atoms with Crippen molar-refractivity contribution in [3.8, 4) is 11.1 Å². The molecule has 2 aromatic rings. The number of nitrogens with one attached hydrogen (secondary N) is 2. The van der Waals surface area contributed by atoms with Crippen LogP contribution in [0.4, 0.5) is 4.79 Å². The summed E-state index contributed by atoms with van der Waals surface area (Å²) in [6.45, 7) is 9.18. The van der Waals surface area contributed by atoms with E-state index in [2.05, 4.69) is 34.9 Å². The molecule has 7 nitrogen and oxygen atoms in total. The molecule has 2 aromatic carbocycles. The summed E-state index contributed by atoms with van der Waals surface area (Å²) in [5, 5.41) is 14.8. The van der Waals surface area contributed by atoms with E-state index in [0.717, 1.165) is 22.3 Å². The van der Waals surface area contributed by atoms with E-state index in [9.17, 15) is 19.5 Å². The second-order valence-corrected chi connectivity index (χ2v) is 10.5. The molecule has 0 radical (unpaired) electrons. The Morgan fingerprint density at radius 1 is 0.941 bits per heavy atom. The van der Waals surface area contributed by atoms with Crippen molar-refractivity contribution in [2.24, 2.45) is 10.8 Å². The third kappa shape index (κ3) is 5.58. The fraction of sp³-hybridized carbons (Fsp3) is 0.444. The third-order valence-corrected chi connectivity index (χ3v) is 6.37. The van der Waals surface area contributed by atoms with Crippen molar-refractivity contribution in [2.45, 2.75) is 53.0 Å². The Morgan fingerprint density at radius 3 is 1.97 bits per heavy atom. The van der Waals surface area contributed by atoms with E-state index in [1.165, 1.54) is 0 Å². The molecule has 0 bridgehead atoms. The van der Waals surface area contributed by atoms with E-state index < -0.39 is 28.9 Å². The van der Waals surface area contributed by atoms with Gasteiger partial charge in [-0.1, -0.05) is 83.1 Å². The molecule has 0 unspecified atom stereocenters. The number of carbonyl (C=O) groups excluding carboxylic acids is 2. The first-order valence-corrected chi connectivity index (χ1v) is 11.5. The smallest absolute Gasteiger partial charge is 0.407 e. The second-order valence-electron chi connectivity index (χ2n) is 10.5. The van der Waals surface area contributed by atoms with Crippen molar-refractivity contribution >= 4 is 18.0 Å². The van der Waals surface area contributed by atoms with Crippen LogP contribution < -0.4 is 10.6 Å². The van der Waals surface area contributed by atoms with Crippen molar-refractivity contribution in [1.82, 2.24) is 10.6 Å². The lowest BCUT2D eigenvalue weighted by Gasteiger charge is -2.32. The van der Waals surface area contributed by atoms with Gasteiger partial charge in [0.15, 0.2) is 0 Å². The summed E-state index contributed by atoms with van der Waals surface area (Å²) >= 11 is 0. The minimum Gasteiger partial charge on any atom is -0.480 e. The van der Waals surface area contributed by atoms with Crippen molar-refractivity contribution < 1.29 is 24.2 Å². The maximum atomic E-state index is 12.7. The lowest BCUT2D eigenvalue weighted by molar-refractivity contribution is -0.146. The van der Waals surface area contributed by atoms with E-state index >= 15 is 0 Å². The molecule has 3 rings (SSSR count). The Hall–Kier alpha value is -3.35. The zero-order valence-electron chi connectivity index (χ0n) is 20.5. The van der Waals surface area contributed by atoms with Gasteiger partial charge in [-0.25, -0.2) is 9.59 Å². The van der Waals surface area contributed by atoms with Crippen molar-refractivity contribution in [3.63, 3.8) is 0 Å². The first-order chi connectivity index (χ1) is 15.9. The predicted molar refractivity (Wildman–Crippen MR) is 130 cm³/mol. The number of hydrogen-bond acceptors (Lipinski definition) is 4. The topological polar surface area (TPSA) is 105 Å².